The van der Waals surface area contributed by atoms with Crippen LogP contribution >= 0.6 is 68.4 Å². The highest BCUT2D eigenvalue weighted by molar-refractivity contribution is 14.1. The first kappa shape index (κ1) is 19.0. The normalized spacial score (nSPS) is 25.6. The Morgan fingerprint density at radius 2 is 2.09 bits per heavy atom. The van der Waals surface area contributed by atoms with Gasteiger partial charge in [-0.1, -0.05) is 17.7 Å². The minimum absolute atomic E-state index is 0.0202. The maximum Gasteiger partial charge on any atom is 0.0574 e. The van der Waals surface area contributed by atoms with Crippen molar-refractivity contribution >= 4 is 74.6 Å². The zero-order valence-corrected chi connectivity index (χ0v) is 17.9. The molecule has 0 radical (unpaired) electrons. The smallest absolute Gasteiger partial charge is 0.0574 e. The van der Waals surface area contributed by atoms with Gasteiger partial charge in [0.1, 0.15) is 0 Å². The molecule has 2 rings (SSSR count). The molecule has 0 aromatic carbocycles. The van der Waals surface area contributed by atoms with Crippen molar-refractivity contribution in [2.24, 2.45) is 10.9 Å². The highest BCUT2D eigenvalue weighted by Gasteiger charge is 2.12. The van der Waals surface area contributed by atoms with Crippen molar-refractivity contribution in [2.45, 2.75) is 18.2 Å². The van der Waals surface area contributed by atoms with Crippen LogP contribution in [-0.4, -0.2) is 31.2 Å². The maximum absolute atomic E-state index is 6.09. The van der Waals surface area contributed by atoms with Crippen LogP contribution in [0, 0.1) is 5.92 Å². The predicted molar refractivity (Wildman–Crippen MR) is 115 cm³/mol. The quantitative estimate of drug-likeness (QED) is 0.200. The van der Waals surface area contributed by atoms with Gasteiger partial charge in [0.15, 0.2) is 0 Å². The lowest BCUT2D eigenvalue weighted by molar-refractivity contribution is 0.563. The molecule has 120 valence electrons. The SMILES string of the molecule is ClC1=CC(Cl)CC(/C=N/CCNCC2C=C(I)C=C(I)C2)=C1. The predicted octanol–water partition coefficient (Wildman–Crippen LogP) is 5.36. The third kappa shape index (κ3) is 7.03. The van der Waals surface area contributed by atoms with Crippen LogP contribution < -0.4 is 5.32 Å². The Bertz CT molecular complexity index is 550. The molecular formula is C16H18Cl2I2N2. The van der Waals surface area contributed by atoms with Gasteiger partial charge in [-0.3, -0.25) is 4.99 Å². The minimum Gasteiger partial charge on any atom is -0.314 e. The van der Waals surface area contributed by atoms with E-state index in [0.717, 1.165) is 38.0 Å². The molecule has 2 atom stereocenters. The van der Waals surface area contributed by atoms with Gasteiger partial charge in [0, 0.05) is 27.9 Å². The van der Waals surface area contributed by atoms with E-state index < -0.39 is 0 Å². The molecule has 0 bridgehead atoms. The Labute approximate surface area is 169 Å². The lowest BCUT2D eigenvalue weighted by Gasteiger charge is -2.17. The van der Waals surface area contributed by atoms with E-state index in [1.165, 1.54) is 7.16 Å². The zero-order chi connectivity index (χ0) is 15.9. The highest BCUT2D eigenvalue weighted by Crippen LogP contribution is 2.29. The van der Waals surface area contributed by atoms with Crippen molar-refractivity contribution in [2.75, 3.05) is 19.6 Å². The first-order valence-corrected chi connectivity index (χ1v) is 10.2. The molecule has 0 saturated heterocycles. The molecule has 0 aliphatic heterocycles. The van der Waals surface area contributed by atoms with E-state index in [4.69, 9.17) is 23.2 Å². The fourth-order valence-electron chi connectivity index (χ4n) is 2.37. The summed E-state index contributed by atoms with van der Waals surface area (Å²) in [6, 6.07) is 0. The molecule has 6 heteroatoms. The fraction of sp³-hybridized carbons (Fsp3) is 0.438. The van der Waals surface area contributed by atoms with Crippen LogP contribution in [0.2, 0.25) is 0 Å². The molecule has 0 amide bonds. The monoisotopic (exact) mass is 562 g/mol. The fourth-order valence-corrected chi connectivity index (χ4v) is 5.42. The maximum atomic E-state index is 6.09. The zero-order valence-electron chi connectivity index (χ0n) is 12.0. The number of alkyl halides is 1. The van der Waals surface area contributed by atoms with Gasteiger partial charge in [0.25, 0.3) is 0 Å². The van der Waals surface area contributed by atoms with E-state index in [2.05, 4.69) is 67.6 Å². The summed E-state index contributed by atoms with van der Waals surface area (Å²) in [4.78, 5) is 4.45. The minimum atomic E-state index is -0.0202. The van der Waals surface area contributed by atoms with Crippen molar-refractivity contribution in [3.05, 3.63) is 42.1 Å². The summed E-state index contributed by atoms with van der Waals surface area (Å²) < 4.78 is 2.77. The number of allylic oxidation sites excluding steroid dienone is 7. The standard InChI is InChI=1S/C16H18Cl2I2N2/c17-13-3-11(4-14(18)7-13)9-21-1-2-22-10-12-5-15(19)8-16(20)6-12/h3,5,7-9,12,14,22H,1-2,4,6,10H2/b21-9+. The van der Waals surface area contributed by atoms with Gasteiger partial charge in [-0.15, -0.1) is 11.6 Å². The lowest BCUT2D eigenvalue weighted by Crippen LogP contribution is -2.25. The summed E-state index contributed by atoms with van der Waals surface area (Å²) >= 11 is 16.9. The van der Waals surface area contributed by atoms with Crippen LogP contribution in [-0.2, 0) is 0 Å². The van der Waals surface area contributed by atoms with Gasteiger partial charge in [0.2, 0.25) is 0 Å². The summed E-state index contributed by atoms with van der Waals surface area (Å²) in [6.07, 6.45) is 12.2. The van der Waals surface area contributed by atoms with Gasteiger partial charge in [-0.2, -0.15) is 0 Å². The van der Waals surface area contributed by atoms with Gasteiger partial charge in [-0.25, -0.2) is 0 Å². The number of rotatable bonds is 6. The van der Waals surface area contributed by atoms with Crippen LogP contribution in [0.4, 0.5) is 0 Å². The van der Waals surface area contributed by atoms with Gasteiger partial charge >= 0.3 is 0 Å². The number of nitrogens with zero attached hydrogens (tertiary/aromatic N) is 1. The van der Waals surface area contributed by atoms with Crippen LogP contribution in [0.5, 0.6) is 0 Å². The Morgan fingerprint density at radius 3 is 2.82 bits per heavy atom. The molecule has 0 aromatic rings. The van der Waals surface area contributed by atoms with Crippen molar-refractivity contribution in [3.8, 4) is 0 Å². The first-order valence-electron chi connectivity index (χ1n) is 7.19. The number of hydrogen-bond acceptors (Lipinski definition) is 2. The lowest BCUT2D eigenvalue weighted by atomic mass is 10.0. The number of hydrogen-bond donors (Lipinski definition) is 1. The first-order chi connectivity index (χ1) is 10.5. The molecule has 1 N–H and O–H groups in total. The highest BCUT2D eigenvalue weighted by atomic mass is 127. The van der Waals surface area contributed by atoms with Crippen molar-refractivity contribution < 1.29 is 0 Å². The Hall–Kier alpha value is 0.630. The summed E-state index contributed by atoms with van der Waals surface area (Å²) in [5, 5.41) is 4.16. The van der Waals surface area contributed by atoms with Gasteiger partial charge in [0.05, 0.1) is 11.9 Å². The largest absolute Gasteiger partial charge is 0.314 e. The Kier molecular flexibility index (Phi) is 8.46. The van der Waals surface area contributed by atoms with E-state index in [-0.39, 0.29) is 5.38 Å². The molecular weight excluding hydrogens is 545 g/mol. The van der Waals surface area contributed by atoms with Crippen LogP contribution in [0.15, 0.2) is 47.1 Å². The molecule has 2 unspecified atom stereocenters. The van der Waals surface area contributed by atoms with E-state index in [1.54, 1.807) is 0 Å². The molecule has 2 aliphatic carbocycles. The van der Waals surface area contributed by atoms with Crippen LogP contribution in [0.1, 0.15) is 12.8 Å². The third-order valence-corrected chi connectivity index (χ3v) is 5.26. The number of nitrogens with one attached hydrogen (secondary N) is 1. The number of halogens is 4. The molecule has 0 spiro atoms. The average molecular weight is 563 g/mol. The van der Waals surface area contributed by atoms with E-state index >= 15 is 0 Å². The van der Waals surface area contributed by atoms with E-state index in [0.29, 0.717) is 11.0 Å². The second-order valence-electron chi connectivity index (χ2n) is 5.34. The molecule has 22 heavy (non-hydrogen) atoms. The molecule has 0 fully saturated rings. The average Bonchev–Trinajstić information content (AvgIpc) is 2.40. The molecule has 0 aromatic heterocycles. The van der Waals surface area contributed by atoms with Gasteiger partial charge < -0.3 is 5.32 Å². The van der Waals surface area contributed by atoms with Crippen LogP contribution in [0.25, 0.3) is 0 Å². The summed E-state index contributed by atoms with van der Waals surface area (Å²) in [6.45, 7) is 2.66. The molecule has 0 heterocycles. The van der Waals surface area contributed by atoms with Crippen molar-refractivity contribution in [1.29, 1.82) is 0 Å². The van der Waals surface area contributed by atoms with Gasteiger partial charge in [-0.05, 0) is 91.3 Å². The Morgan fingerprint density at radius 1 is 1.27 bits per heavy atom. The molecule has 2 nitrogen and oxygen atoms in total. The summed E-state index contributed by atoms with van der Waals surface area (Å²) in [5.41, 5.74) is 1.09. The molecule has 2 aliphatic rings. The summed E-state index contributed by atoms with van der Waals surface area (Å²) in [5.74, 6) is 0.592. The van der Waals surface area contributed by atoms with E-state index in [1.807, 2.05) is 18.4 Å². The Balaban J connectivity index is 1.65. The van der Waals surface area contributed by atoms with E-state index in [9.17, 15) is 0 Å². The third-order valence-electron chi connectivity index (χ3n) is 3.32. The summed E-state index contributed by atoms with van der Waals surface area (Å²) in [7, 11) is 0. The number of aliphatic imine (C=N–C) groups is 1. The molecule has 0 saturated carbocycles. The second kappa shape index (κ2) is 9.81. The van der Waals surface area contributed by atoms with Crippen molar-refractivity contribution in [3.63, 3.8) is 0 Å². The van der Waals surface area contributed by atoms with Crippen molar-refractivity contribution in [1.82, 2.24) is 5.32 Å². The second-order valence-corrected chi connectivity index (χ2v) is 8.97. The topological polar surface area (TPSA) is 24.4 Å². The van der Waals surface area contributed by atoms with Crippen LogP contribution in [0.3, 0.4) is 0 Å².